The van der Waals surface area contributed by atoms with E-state index in [1.807, 2.05) is 0 Å². The van der Waals surface area contributed by atoms with Gasteiger partial charge in [-0.05, 0) is 24.3 Å². The molecule has 0 heterocycles. The van der Waals surface area contributed by atoms with Crippen LogP contribution in [0, 0.1) is 0 Å². The number of nitrogens with one attached hydrogen (secondary N) is 3. The van der Waals surface area contributed by atoms with E-state index in [1.165, 1.54) is 13.8 Å². The summed E-state index contributed by atoms with van der Waals surface area (Å²) in [5.41, 5.74) is 1.21. The van der Waals surface area contributed by atoms with E-state index in [4.69, 9.17) is 0 Å². The summed E-state index contributed by atoms with van der Waals surface area (Å²) in [5, 5.41) is 7.79. The SMILES string of the molecule is CC(=O)Nc1ccc(NC(=O)C(CS)NC(C)=O)cc1. The van der Waals surface area contributed by atoms with Gasteiger partial charge in [0.2, 0.25) is 17.7 Å². The normalized spacial score (nSPS) is 11.3. The number of amides is 3. The molecule has 0 spiro atoms. The Morgan fingerprint density at radius 2 is 1.50 bits per heavy atom. The lowest BCUT2D eigenvalue weighted by Gasteiger charge is -2.15. The molecule has 0 aliphatic carbocycles. The summed E-state index contributed by atoms with van der Waals surface area (Å²) < 4.78 is 0. The Morgan fingerprint density at radius 3 is 1.90 bits per heavy atom. The number of benzene rings is 1. The van der Waals surface area contributed by atoms with E-state index in [2.05, 4.69) is 28.6 Å². The average molecular weight is 295 g/mol. The van der Waals surface area contributed by atoms with Crippen LogP contribution >= 0.6 is 12.6 Å². The number of thiol groups is 1. The van der Waals surface area contributed by atoms with Gasteiger partial charge >= 0.3 is 0 Å². The molecule has 1 atom stereocenters. The van der Waals surface area contributed by atoms with Crippen molar-refractivity contribution < 1.29 is 14.4 Å². The van der Waals surface area contributed by atoms with Crippen molar-refractivity contribution in [1.29, 1.82) is 0 Å². The number of carbonyl (C=O) groups is 3. The highest BCUT2D eigenvalue weighted by Gasteiger charge is 2.17. The third-order valence-electron chi connectivity index (χ3n) is 2.35. The van der Waals surface area contributed by atoms with Crippen molar-refractivity contribution in [3.63, 3.8) is 0 Å². The van der Waals surface area contributed by atoms with Crippen LogP contribution in [0.15, 0.2) is 24.3 Å². The second-order valence-electron chi connectivity index (χ2n) is 4.18. The lowest BCUT2D eigenvalue weighted by Crippen LogP contribution is -2.44. The van der Waals surface area contributed by atoms with Crippen LogP contribution in [0.4, 0.5) is 11.4 Å². The fraction of sp³-hybridized carbons (Fsp3) is 0.308. The largest absolute Gasteiger partial charge is 0.344 e. The van der Waals surface area contributed by atoms with Crippen molar-refractivity contribution in [3.05, 3.63) is 24.3 Å². The molecule has 0 fully saturated rings. The Labute approximate surface area is 122 Å². The Kier molecular flexibility index (Phi) is 6.05. The maximum atomic E-state index is 11.9. The van der Waals surface area contributed by atoms with Crippen LogP contribution in [-0.4, -0.2) is 29.5 Å². The highest BCUT2D eigenvalue weighted by molar-refractivity contribution is 7.80. The van der Waals surface area contributed by atoms with Crippen molar-refractivity contribution in [2.75, 3.05) is 16.4 Å². The van der Waals surface area contributed by atoms with Crippen LogP contribution in [0.1, 0.15) is 13.8 Å². The number of hydrogen-bond donors (Lipinski definition) is 4. The van der Waals surface area contributed by atoms with Crippen LogP contribution in [0.25, 0.3) is 0 Å². The second-order valence-corrected chi connectivity index (χ2v) is 4.55. The van der Waals surface area contributed by atoms with Gasteiger partial charge in [-0.2, -0.15) is 12.6 Å². The van der Waals surface area contributed by atoms with E-state index in [0.717, 1.165) is 0 Å². The van der Waals surface area contributed by atoms with Crippen molar-refractivity contribution in [3.8, 4) is 0 Å². The molecule has 1 unspecified atom stereocenters. The molecule has 0 bridgehead atoms. The molecule has 1 aromatic rings. The summed E-state index contributed by atoms with van der Waals surface area (Å²) in [6, 6.07) is 5.97. The molecule has 1 aromatic carbocycles. The van der Waals surface area contributed by atoms with Crippen molar-refractivity contribution in [1.82, 2.24) is 5.32 Å². The van der Waals surface area contributed by atoms with Gasteiger partial charge in [-0.15, -0.1) is 0 Å². The van der Waals surface area contributed by atoms with Crippen LogP contribution in [-0.2, 0) is 14.4 Å². The number of anilines is 2. The molecule has 3 N–H and O–H groups in total. The highest BCUT2D eigenvalue weighted by atomic mass is 32.1. The van der Waals surface area contributed by atoms with Crippen molar-refractivity contribution in [2.45, 2.75) is 19.9 Å². The first kappa shape index (κ1) is 16.0. The fourth-order valence-corrected chi connectivity index (χ4v) is 1.77. The van der Waals surface area contributed by atoms with Gasteiger partial charge in [-0.25, -0.2) is 0 Å². The van der Waals surface area contributed by atoms with Gasteiger partial charge in [0.05, 0.1) is 0 Å². The van der Waals surface area contributed by atoms with Gasteiger partial charge in [-0.1, -0.05) is 0 Å². The first-order valence-corrected chi connectivity index (χ1v) is 6.62. The topological polar surface area (TPSA) is 87.3 Å². The molecule has 0 aliphatic heterocycles. The Hall–Kier alpha value is -2.02. The van der Waals surface area contributed by atoms with Gasteiger partial charge in [0.15, 0.2) is 0 Å². The minimum Gasteiger partial charge on any atom is -0.344 e. The maximum absolute atomic E-state index is 11.9. The maximum Gasteiger partial charge on any atom is 0.247 e. The number of hydrogen-bond acceptors (Lipinski definition) is 4. The number of rotatable bonds is 5. The number of carbonyl (C=O) groups excluding carboxylic acids is 3. The Morgan fingerprint density at radius 1 is 1.00 bits per heavy atom. The summed E-state index contributed by atoms with van der Waals surface area (Å²) in [7, 11) is 0. The van der Waals surface area contributed by atoms with E-state index in [9.17, 15) is 14.4 Å². The molecule has 1 rings (SSSR count). The zero-order valence-electron chi connectivity index (χ0n) is 11.3. The Bertz CT molecular complexity index is 502. The highest BCUT2D eigenvalue weighted by Crippen LogP contribution is 2.13. The molecule has 0 aliphatic rings. The lowest BCUT2D eigenvalue weighted by atomic mass is 10.2. The van der Waals surface area contributed by atoms with Crippen molar-refractivity contribution in [2.24, 2.45) is 0 Å². The molecular formula is C13H17N3O3S. The third kappa shape index (κ3) is 5.31. The zero-order valence-corrected chi connectivity index (χ0v) is 12.2. The second kappa shape index (κ2) is 7.54. The van der Waals surface area contributed by atoms with Gasteiger partial charge in [0, 0.05) is 31.0 Å². The van der Waals surface area contributed by atoms with E-state index in [0.29, 0.717) is 11.4 Å². The predicted molar refractivity (Wildman–Crippen MR) is 80.8 cm³/mol. The summed E-state index contributed by atoms with van der Waals surface area (Å²) in [4.78, 5) is 33.7. The van der Waals surface area contributed by atoms with E-state index < -0.39 is 6.04 Å². The van der Waals surface area contributed by atoms with Crippen LogP contribution in [0.5, 0.6) is 0 Å². The van der Waals surface area contributed by atoms with Gasteiger partial charge in [-0.3, -0.25) is 14.4 Å². The molecule has 3 amide bonds. The standard InChI is InChI=1S/C13H17N3O3S/c1-8(17)14-10-3-5-11(6-4-10)16-13(19)12(7-20)15-9(2)18/h3-6,12,20H,7H2,1-2H3,(H,14,17)(H,15,18)(H,16,19). The van der Waals surface area contributed by atoms with E-state index in [1.54, 1.807) is 24.3 Å². The molecule has 7 heteroatoms. The van der Waals surface area contributed by atoms with Crippen LogP contribution < -0.4 is 16.0 Å². The van der Waals surface area contributed by atoms with Crippen LogP contribution in [0.2, 0.25) is 0 Å². The fourth-order valence-electron chi connectivity index (χ4n) is 1.51. The molecule has 20 heavy (non-hydrogen) atoms. The van der Waals surface area contributed by atoms with Gasteiger partial charge < -0.3 is 16.0 Å². The summed E-state index contributed by atoms with van der Waals surface area (Å²) in [6.07, 6.45) is 0. The molecule has 0 aromatic heterocycles. The third-order valence-corrected chi connectivity index (χ3v) is 2.71. The van der Waals surface area contributed by atoms with E-state index in [-0.39, 0.29) is 23.5 Å². The summed E-state index contributed by atoms with van der Waals surface area (Å²) in [5.74, 6) is -0.597. The summed E-state index contributed by atoms with van der Waals surface area (Å²) in [6.45, 7) is 2.76. The molecular weight excluding hydrogens is 278 g/mol. The van der Waals surface area contributed by atoms with Crippen molar-refractivity contribution >= 4 is 41.7 Å². The Balaban J connectivity index is 2.65. The quantitative estimate of drug-likeness (QED) is 0.612. The zero-order chi connectivity index (χ0) is 15.1. The minimum atomic E-state index is -0.689. The monoisotopic (exact) mass is 295 g/mol. The first-order chi connectivity index (χ1) is 9.42. The average Bonchev–Trinajstić information content (AvgIpc) is 2.37. The van der Waals surface area contributed by atoms with Crippen LogP contribution in [0.3, 0.4) is 0 Å². The first-order valence-electron chi connectivity index (χ1n) is 5.99. The molecule has 0 radical (unpaired) electrons. The molecule has 0 saturated carbocycles. The molecule has 0 saturated heterocycles. The lowest BCUT2D eigenvalue weighted by molar-refractivity contribution is -0.124. The molecule has 6 nitrogen and oxygen atoms in total. The minimum absolute atomic E-state index is 0.164. The van der Waals surface area contributed by atoms with Gasteiger partial charge in [0.25, 0.3) is 0 Å². The summed E-state index contributed by atoms with van der Waals surface area (Å²) >= 11 is 4.03. The molecule has 108 valence electrons. The smallest absolute Gasteiger partial charge is 0.247 e. The predicted octanol–water partition coefficient (Wildman–Crippen LogP) is 1.02. The van der Waals surface area contributed by atoms with Gasteiger partial charge in [0.1, 0.15) is 6.04 Å². The van der Waals surface area contributed by atoms with E-state index >= 15 is 0 Å².